The van der Waals surface area contributed by atoms with E-state index in [1.807, 2.05) is 25.7 Å². The van der Waals surface area contributed by atoms with Crippen LogP contribution in [0.15, 0.2) is 9.59 Å². The Morgan fingerprint density at radius 3 is 2.38 bits per heavy atom. The van der Waals surface area contributed by atoms with Crippen LogP contribution in [0, 0.1) is 0 Å². The summed E-state index contributed by atoms with van der Waals surface area (Å²) in [5.41, 5.74) is 4.76. The number of aromatic nitrogens is 2. The molecule has 1 aliphatic heterocycles. The van der Waals surface area contributed by atoms with Crippen LogP contribution in [0.2, 0.25) is 0 Å². The molecule has 134 valence electrons. The molecule has 2 rings (SSSR count). The van der Waals surface area contributed by atoms with Crippen molar-refractivity contribution in [3.63, 3.8) is 0 Å². The Kier molecular flexibility index (Phi) is 5.61. The molecule has 0 saturated carbocycles. The molecule has 1 aliphatic rings. The van der Waals surface area contributed by atoms with Crippen molar-refractivity contribution in [1.29, 1.82) is 0 Å². The third-order valence-electron chi connectivity index (χ3n) is 4.17. The summed E-state index contributed by atoms with van der Waals surface area (Å²) in [6, 6.07) is 0. The van der Waals surface area contributed by atoms with Gasteiger partial charge in [-0.05, 0) is 20.3 Å². The van der Waals surface area contributed by atoms with Gasteiger partial charge in [-0.1, -0.05) is 6.92 Å². The fourth-order valence-corrected chi connectivity index (χ4v) is 3.18. The first-order valence-corrected chi connectivity index (χ1v) is 8.26. The fourth-order valence-electron chi connectivity index (χ4n) is 3.18. The van der Waals surface area contributed by atoms with Crippen molar-refractivity contribution in [2.24, 2.45) is 7.05 Å². The van der Waals surface area contributed by atoms with Gasteiger partial charge >= 0.3 is 5.69 Å². The number of anilines is 1. The van der Waals surface area contributed by atoms with Crippen molar-refractivity contribution in [3.05, 3.63) is 26.4 Å². The minimum Gasteiger partial charge on any atom is -0.384 e. The summed E-state index contributed by atoms with van der Waals surface area (Å²) in [5.74, 6) is -0.399. The van der Waals surface area contributed by atoms with Crippen molar-refractivity contribution < 1.29 is 9.53 Å². The molecule has 0 spiro atoms. The predicted octanol–water partition coefficient (Wildman–Crippen LogP) is -0.169. The van der Waals surface area contributed by atoms with Crippen LogP contribution in [0.5, 0.6) is 0 Å². The molecule has 1 saturated heterocycles. The van der Waals surface area contributed by atoms with Gasteiger partial charge < -0.3 is 10.5 Å². The number of hydrogen-bond acceptors (Lipinski definition) is 6. The van der Waals surface area contributed by atoms with Crippen molar-refractivity contribution in [2.75, 3.05) is 25.4 Å². The molecular formula is C16H26N4O4. The van der Waals surface area contributed by atoms with Gasteiger partial charge in [-0.25, -0.2) is 4.79 Å². The molecule has 1 aromatic rings. The maximum absolute atomic E-state index is 12.7. The fraction of sp³-hybridized carbons (Fsp3) is 0.688. The molecule has 0 amide bonds. The predicted molar refractivity (Wildman–Crippen MR) is 91.4 cm³/mol. The Bertz CT molecular complexity index is 727. The van der Waals surface area contributed by atoms with Crippen molar-refractivity contribution in [2.45, 2.75) is 45.9 Å². The summed E-state index contributed by atoms with van der Waals surface area (Å²) in [7, 11) is 1.37. The Hall–Kier alpha value is -1.93. The summed E-state index contributed by atoms with van der Waals surface area (Å²) < 4.78 is 7.89. The van der Waals surface area contributed by atoms with Crippen LogP contribution < -0.4 is 17.0 Å². The van der Waals surface area contributed by atoms with Crippen LogP contribution in [-0.2, 0) is 18.3 Å². The maximum Gasteiger partial charge on any atom is 0.332 e. The molecule has 0 unspecified atom stereocenters. The largest absolute Gasteiger partial charge is 0.384 e. The highest BCUT2D eigenvalue weighted by atomic mass is 16.5. The molecule has 2 heterocycles. The number of hydrogen-bond donors (Lipinski definition) is 1. The highest BCUT2D eigenvalue weighted by molar-refractivity contribution is 6.01. The average Bonchev–Trinajstić information content (AvgIpc) is 2.48. The lowest BCUT2D eigenvalue weighted by Gasteiger charge is -2.34. The Balaban J connectivity index is 2.35. The summed E-state index contributed by atoms with van der Waals surface area (Å²) in [6.45, 7) is 7.47. The van der Waals surface area contributed by atoms with Gasteiger partial charge in [0.25, 0.3) is 5.56 Å². The lowest BCUT2D eigenvalue weighted by atomic mass is 10.1. The number of ether oxygens (including phenoxy) is 1. The van der Waals surface area contributed by atoms with E-state index < -0.39 is 11.2 Å². The second-order valence-electron chi connectivity index (χ2n) is 6.43. The van der Waals surface area contributed by atoms with Crippen LogP contribution in [0.4, 0.5) is 5.82 Å². The molecule has 2 N–H and O–H groups in total. The Morgan fingerprint density at radius 1 is 1.25 bits per heavy atom. The van der Waals surface area contributed by atoms with E-state index in [-0.39, 0.29) is 35.9 Å². The summed E-state index contributed by atoms with van der Waals surface area (Å²) in [4.78, 5) is 39.2. The van der Waals surface area contributed by atoms with Crippen molar-refractivity contribution in [3.8, 4) is 0 Å². The summed E-state index contributed by atoms with van der Waals surface area (Å²) >= 11 is 0. The minimum atomic E-state index is -0.635. The molecule has 8 nitrogen and oxygen atoms in total. The zero-order valence-corrected chi connectivity index (χ0v) is 14.7. The first-order valence-electron chi connectivity index (χ1n) is 8.26. The van der Waals surface area contributed by atoms with Gasteiger partial charge in [0.15, 0.2) is 5.78 Å². The van der Waals surface area contributed by atoms with Crippen molar-refractivity contribution >= 4 is 11.6 Å². The quantitative estimate of drug-likeness (QED) is 0.749. The number of carbonyl (C=O) groups is 1. The number of nitrogens with two attached hydrogens (primary N) is 1. The van der Waals surface area contributed by atoms with Crippen molar-refractivity contribution in [1.82, 2.24) is 14.0 Å². The van der Waals surface area contributed by atoms with Gasteiger partial charge in [0.05, 0.1) is 18.8 Å². The summed E-state index contributed by atoms with van der Waals surface area (Å²) in [5, 5.41) is 0. The second kappa shape index (κ2) is 7.31. The standard InChI is InChI=1S/C16H26N4O4/c1-5-6-20-14(17)13(15(22)18(4)16(20)23)12(21)9-19-7-10(2)24-11(3)8-19/h10-11H,5-9,17H2,1-4H3/t10-,11-/m0/s1. The van der Waals surface area contributed by atoms with Gasteiger partial charge in [-0.3, -0.25) is 23.6 Å². The molecule has 2 atom stereocenters. The molecule has 24 heavy (non-hydrogen) atoms. The third kappa shape index (κ3) is 3.59. The minimum absolute atomic E-state index is 0.0239. The molecule has 1 fully saturated rings. The van der Waals surface area contributed by atoms with Gasteiger partial charge in [-0.2, -0.15) is 0 Å². The van der Waals surface area contributed by atoms with E-state index in [0.717, 1.165) is 4.57 Å². The van der Waals surface area contributed by atoms with Crippen LogP contribution in [0.1, 0.15) is 37.6 Å². The smallest absolute Gasteiger partial charge is 0.332 e. The van der Waals surface area contributed by atoms with E-state index in [2.05, 4.69) is 0 Å². The lowest BCUT2D eigenvalue weighted by Crippen LogP contribution is -2.49. The number of ketones is 1. The zero-order chi connectivity index (χ0) is 18.0. The van der Waals surface area contributed by atoms with Crippen LogP contribution >= 0.6 is 0 Å². The van der Waals surface area contributed by atoms with E-state index in [0.29, 0.717) is 26.1 Å². The SMILES string of the molecule is CCCn1c(N)c(C(=O)CN2C[C@H](C)O[C@@H](C)C2)c(=O)n(C)c1=O. The molecule has 0 radical (unpaired) electrons. The molecule has 1 aromatic heterocycles. The number of Topliss-reactive ketones (excluding diaryl/α,β-unsaturated/α-hetero) is 1. The zero-order valence-electron chi connectivity index (χ0n) is 14.7. The second-order valence-corrected chi connectivity index (χ2v) is 6.43. The molecular weight excluding hydrogens is 312 g/mol. The third-order valence-corrected chi connectivity index (χ3v) is 4.17. The Labute approximate surface area is 140 Å². The molecule has 8 heteroatoms. The van der Waals surface area contributed by atoms with Gasteiger partial charge in [0.1, 0.15) is 11.4 Å². The molecule has 0 aliphatic carbocycles. The van der Waals surface area contributed by atoms with Crippen LogP contribution in [0.3, 0.4) is 0 Å². The Morgan fingerprint density at radius 2 is 1.83 bits per heavy atom. The topological polar surface area (TPSA) is 99.6 Å². The van der Waals surface area contributed by atoms with E-state index in [9.17, 15) is 14.4 Å². The average molecular weight is 338 g/mol. The molecule has 0 bridgehead atoms. The highest BCUT2D eigenvalue weighted by Crippen LogP contribution is 2.13. The number of morpholine rings is 1. The first kappa shape index (κ1) is 18.4. The van der Waals surface area contributed by atoms with Gasteiger partial charge in [0, 0.05) is 26.7 Å². The van der Waals surface area contributed by atoms with Gasteiger partial charge in [-0.15, -0.1) is 0 Å². The number of nitrogens with zero attached hydrogens (tertiary/aromatic N) is 3. The van der Waals surface area contributed by atoms with Gasteiger partial charge in [0.2, 0.25) is 0 Å². The summed E-state index contributed by atoms with van der Waals surface area (Å²) in [6.07, 6.45) is 0.723. The normalized spacial score (nSPS) is 21.8. The number of rotatable bonds is 5. The maximum atomic E-state index is 12.7. The molecule has 0 aromatic carbocycles. The van der Waals surface area contributed by atoms with Crippen LogP contribution in [-0.4, -0.2) is 51.7 Å². The number of nitrogen functional groups attached to an aromatic ring is 1. The highest BCUT2D eigenvalue weighted by Gasteiger charge is 2.27. The van der Waals surface area contributed by atoms with Crippen LogP contribution in [0.25, 0.3) is 0 Å². The van der Waals surface area contributed by atoms with E-state index >= 15 is 0 Å². The monoisotopic (exact) mass is 338 g/mol. The lowest BCUT2D eigenvalue weighted by molar-refractivity contribution is -0.0652. The van der Waals surface area contributed by atoms with E-state index in [1.165, 1.54) is 11.6 Å². The number of carbonyl (C=O) groups excluding carboxylic acids is 1. The first-order chi connectivity index (χ1) is 11.3. The van der Waals surface area contributed by atoms with E-state index in [1.54, 1.807) is 0 Å². The van der Waals surface area contributed by atoms with E-state index in [4.69, 9.17) is 10.5 Å².